The van der Waals surface area contributed by atoms with Crippen molar-refractivity contribution in [3.05, 3.63) is 52.8 Å². The highest BCUT2D eigenvalue weighted by Crippen LogP contribution is 2.30. The van der Waals surface area contributed by atoms with E-state index >= 15 is 0 Å². The van der Waals surface area contributed by atoms with Crippen molar-refractivity contribution >= 4 is 0 Å². The van der Waals surface area contributed by atoms with E-state index in [1.54, 1.807) is 0 Å². The number of benzene rings is 1. The molecule has 1 saturated carbocycles. The normalized spacial score (nSPS) is 15.8. The standard InChI is InChI=1S/C17H21N3O/c1-3-16-15(9-11(2)19-20-16)17(18)12-5-4-6-14(10-12)21-13-7-8-13/h4-6,9-10,13,17H,3,7-8,18H2,1-2H3. The molecule has 110 valence electrons. The molecule has 1 aromatic carbocycles. The van der Waals surface area contributed by atoms with Crippen LogP contribution in [0, 0.1) is 6.92 Å². The molecule has 1 unspecified atom stereocenters. The molecule has 1 aliphatic rings. The lowest BCUT2D eigenvalue weighted by molar-refractivity contribution is 0.303. The summed E-state index contributed by atoms with van der Waals surface area (Å²) in [5, 5.41) is 8.38. The zero-order valence-corrected chi connectivity index (χ0v) is 12.5. The van der Waals surface area contributed by atoms with Crippen LogP contribution in [-0.2, 0) is 6.42 Å². The Bertz CT molecular complexity index is 638. The van der Waals surface area contributed by atoms with Crippen LogP contribution in [0.25, 0.3) is 0 Å². The first-order valence-corrected chi connectivity index (χ1v) is 7.52. The van der Waals surface area contributed by atoms with Gasteiger partial charge in [0.1, 0.15) is 5.75 Å². The van der Waals surface area contributed by atoms with Gasteiger partial charge in [-0.2, -0.15) is 10.2 Å². The topological polar surface area (TPSA) is 61.0 Å². The van der Waals surface area contributed by atoms with Gasteiger partial charge in [0, 0.05) is 0 Å². The summed E-state index contributed by atoms with van der Waals surface area (Å²) in [7, 11) is 0. The molecule has 1 atom stereocenters. The SMILES string of the molecule is CCc1nnc(C)cc1C(N)c1cccc(OC2CC2)c1. The van der Waals surface area contributed by atoms with E-state index in [9.17, 15) is 0 Å². The van der Waals surface area contributed by atoms with Crippen LogP contribution in [0.1, 0.15) is 48.3 Å². The Morgan fingerprint density at radius 1 is 1.29 bits per heavy atom. The molecule has 0 saturated heterocycles. The van der Waals surface area contributed by atoms with Crippen molar-refractivity contribution in [2.45, 2.75) is 45.3 Å². The Balaban J connectivity index is 1.90. The quantitative estimate of drug-likeness (QED) is 0.916. The summed E-state index contributed by atoms with van der Waals surface area (Å²) in [6.07, 6.45) is 3.54. The first kappa shape index (κ1) is 14.0. The van der Waals surface area contributed by atoms with Crippen LogP contribution in [0.2, 0.25) is 0 Å². The number of nitrogens with two attached hydrogens (primary N) is 1. The number of hydrogen-bond acceptors (Lipinski definition) is 4. The van der Waals surface area contributed by atoms with Crippen molar-refractivity contribution in [3.63, 3.8) is 0 Å². The van der Waals surface area contributed by atoms with Gasteiger partial charge in [-0.25, -0.2) is 0 Å². The third-order valence-corrected chi connectivity index (χ3v) is 3.74. The Morgan fingerprint density at radius 2 is 2.10 bits per heavy atom. The van der Waals surface area contributed by atoms with Gasteiger partial charge < -0.3 is 10.5 Å². The second-order valence-corrected chi connectivity index (χ2v) is 5.61. The maximum atomic E-state index is 6.45. The number of rotatable bonds is 5. The maximum absolute atomic E-state index is 6.45. The van der Waals surface area contributed by atoms with Crippen molar-refractivity contribution in [2.75, 3.05) is 0 Å². The summed E-state index contributed by atoms with van der Waals surface area (Å²) in [5.74, 6) is 0.905. The number of ether oxygens (including phenoxy) is 1. The lowest BCUT2D eigenvalue weighted by atomic mass is 9.97. The Kier molecular flexibility index (Phi) is 3.88. The van der Waals surface area contributed by atoms with Crippen molar-refractivity contribution in [1.29, 1.82) is 0 Å². The summed E-state index contributed by atoms with van der Waals surface area (Å²) in [4.78, 5) is 0. The lowest BCUT2D eigenvalue weighted by Gasteiger charge is -2.16. The van der Waals surface area contributed by atoms with Gasteiger partial charge in [-0.05, 0) is 55.5 Å². The van der Waals surface area contributed by atoms with E-state index in [0.29, 0.717) is 6.10 Å². The summed E-state index contributed by atoms with van der Waals surface area (Å²) >= 11 is 0. The van der Waals surface area contributed by atoms with E-state index in [4.69, 9.17) is 10.5 Å². The third kappa shape index (κ3) is 3.22. The average Bonchev–Trinajstić information content (AvgIpc) is 3.30. The molecule has 0 bridgehead atoms. The minimum absolute atomic E-state index is 0.197. The number of hydrogen-bond donors (Lipinski definition) is 1. The maximum Gasteiger partial charge on any atom is 0.120 e. The van der Waals surface area contributed by atoms with Gasteiger partial charge >= 0.3 is 0 Å². The fraction of sp³-hybridized carbons (Fsp3) is 0.412. The van der Waals surface area contributed by atoms with Crippen LogP contribution in [0.15, 0.2) is 30.3 Å². The van der Waals surface area contributed by atoms with E-state index in [2.05, 4.69) is 17.1 Å². The van der Waals surface area contributed by atoms with E-state index in [0.717, 1.165) is 47.5 Å². The molecule has 0 spiro atoms. The first-order valence-electron chi connectivity index (χ1n) is 7.52. The van der Waals surface area contributed by atoms with Gasteiger partial charge in [0.25, 0.3) is 0 Å². The van der Waals surface area contributed by atoms with E-state index in [-0.39, 0.29) is 6.04 Å². The molecule has 4 nitrogen and oxygen atoms in total. The summed E-state index contributed by atoms with van der Waals surface area (Å²) in [6.45, 7) is 4.01. The third-order valence-electron chi connectivity index (χ3n) is 3.74. The minimum atomic E-state index is -0.197. The van der Waals surface area contributed by atoms with Gasteiger partial charge in [0.15, 0.2) is 0 Å². The predicted octanol–water partition coefficient (Wildman–Crippen LogP) is 2.94. The molecule has 4 heteroatoms. The summed E-state index contributed by atoms with van der Waals surface area (Å²) in [5.41, 5.74) is 10.4. The molecule has 1 aromatic heterocycles. The van der Waals surface area contributed by atoms with Crippen LogP contribution in [-0.4, -0.2) is 16.3 Å². The fourth-order valence-corrected chi connectivity index (χ4v) is 2.42. The largest absolute Gasteiger partial charge is 0.490 e. The molecule has 0 aliphatic heterocycles. The lowest BCUT2D eigenvalue weighted by Crippen LogP contribution is -2.16. The molecular weight excluding hydrogens is 262 g/mol. The highest BCUT2D eigenvalue weighted by atomic mass is 16.5. The Hall–Kier alpha value is -1.94. The molecule has 1 aliphatic carbocycles. The van der Waals surface area contributed by atoms with E-state index in [1.807, 2.05) is 37.3 Å². The molecule has 1 fully saturated rings. The van der Waals surface area contributed by atoms with Gasteiger partial charge in [-0.1, -0.05) is 19.1 Å². The monoisotopic (exact) mass is 283 g/mol. The van der Waals surface area contributed by atoms with Crippen molar-refractivity contribution in [2.24, 2.45) is 5.73 Å². The van der Waals surface area contributed by atoms with Gasteiger partial charge in [-0.3, -0.25) is 0 Å². The average molecular weight is 283 g/mol. The van der Waals surface area contributed by atoms with Gasteiger partial charge in [0.05, 0.1) is 23.5 Å². The molecule has 3 rings (SSSR count). The Labute approximate surface area is 125 Å². The summed E-state index contributed by atoms with van der Waals surface area (Å²) in [6, 6.07) is 9.91. The highest BCUT2D eigenvalue weighted by Gasteiger charge is 2.24. The van der Waals surface area contributed by atoms with Crippen LogP contribution >= 0.6 is 0 Å². The number of nitrogens with zero attached hydrogens (tertiary/aromatic N) is 2. The second kappa shape index (κ2) is 5.82. The number of aryl methyl sites for hydroxylation is 2. The minimum Gasteiger partial charge on any atom is -0.490 e. The molecule has 0 amide bonds. The molecule has 2 N–H and O–H groups in total. The van der Waals surface area contributed by atoms with E-state index in [1.165, 1.54) is 0 Å². The molecule has 0 radical (unpaired) electrons. The fourth-order valence-electron chi connectivity index (χ4n) is 2.42. The molecule has 2 aromatic rings. The smallest absolute Gasteiger partial charge is 0.120 e. The summed E-state index contributed by atoms with van der Waals surface area (Å²) < 4.78 is 5.85. The highest BCUT2D eigenvalue weighted by molar-refractivity contribution is 5.38. The van der Waals surface area contributed by atoms with Gasteiger partial charge in [0.2, 0.25) is 0 Å². The molecule has 21 heavy (non-hydrogen) atoms. The van der Waals surface area contributed by atoms with E-state index < -0.39 is 0 Å². The van der Waals surface area contributed by atoms with Crippen LogP contribution in [0.3, 0.4) is 0 Å². The first-order chi connectivity index (χ1) is 10.2. The predicted molar refractivity (Wildman–Crippen MR) is 82.3 cm³/mol. The molecule has 1 heterocycles. The zero-order chi connectivity index (χ0) is 14.8. The molecular formula is C17H21N3O. The van der Waals surface area contributed by atoms with Gasteiger partial charge in [-0.15, -0.1) is 0 Å². The zero-order valence-electron chi connectivity index (χ0n) is 12.5. The van der Waals surface area contributed by atoms with Crippen LogP contribution in [0.4, 0.5) is 0 Å². The number of aromatic nitrogens is 2. The van der Waals surface area contributed by atoms with Crippen molar-refractivity contribution in [1.82, 2.24) is 10.2 Å². The van der Waals surface area contributed by atoms with Crippen molar-refractivity contribution < 1.29 is 4.74 Å². The second-order valence-electron chi connectivity index (χ2n) is 5.61. The van der Waals surface area contributed by atoms with Crippen LogP contribution in [0.5, 0.6) is 5.75 Å². The van der Waals surface area contributed by atoms with Crippen molar-refractivity contribution in [3.8, 4) is 5.75 Å². The Morgan fingerprint density at radius 3 is 2.81 bits per heavy atom. The van der Waals surface area contributed by atoms with Crippen LogP contribution < -0.4 is 10.5 Å².